The molecule has 0 radical (unpaired) electrons. The smallest absolute Gasteiger partial charge is 0.191 e. The van der Waals surface area contributed by atoms with Gasteiger partial charge in [0, 0.05) is 18.5 Å². The predicted molar refractivity (Wildman–Crippen MR) is 78.3 cm³/mol. The molecule has 19 heavy (non-hydrogen) atoms. The fraction of sp³-hybridized carbons (Fsp3) is 0.385. The van der Waals surface area contributed by atoms with Crippen LogP contribution in [0, 0.1) is 0 Å². The maximum atomic E-state index is 5.74. The predicted octanol–water partition coefficient (Wildman–Crippen LogP) is 2.81. The van der Waals surface area contributed by atoms with Gasteiger partial charge in [0.05, 0.1) is 6.26 Å². The zero-order valence-corrected chi connectivity index (χ0v) is 11.9. The molecule has 0 aliphatic heterocycles. The van der Waals surface area contributed by atoms with Gasteiger partial charge in [-0.25, -0.2) is 9.97 Å². The Kier molecular flexibility index (Phi) is 4.68. The molecule has 0 bridgehead atoms. The number of nitrogens with zero attached hydrogens (tertiary/aromatic N) is 2. The maximum absolute atomic E-state index is 5.74. The van der Waals surface area contributed by atoms with Crippen LogP contribution in [0.25, 0.3) is 0 Å². The lowest BCUT2D eigenvalue weighted by Crippen LogP contribution is -2.17. The van der Waals surface area contributed by atoms with Crippen molar-refractivity contribution in [2.75, 3.05) is 17.3 Å². The van der Waals surface area contributed by atoms with Crippen molar-refractivity contribution in [3.8, 4) is 0 Å². The average molecular weight is 278 g/mol. The molecule has 2 rings (SSSR count). The summed E-state index contributed by atoms with van der Waals surface area (Å²) < 4.78 is 5.31. The molecule has 0 amide bonds. The van der Waals surface area contributed by atoms with Crippen LogP contribution in [-0.2, 0) is 6.42 Å². The van der Waals surface area contributed by atoms with Gasteiger partial charge in [-0.15, -0.1) is 0 Å². The van der Waals surface area contributed by atoms with E-state index in [-0.39, 0.29) is 6.04 Å². The molecule has 1 unspecified atom stereocenters. The van der Waals surface area contributed by atoms with E-state index in [1.54, 1.807) is 12.3 Å². The van der Waals surface area contributed by atoms with Crippen LogP contribution in [0.2, 0.25) is 0 Å². The van der Waals surface area contributed by atoms with E-state index in [1.165, 1.54) is 11.8 Å². The number of nitrogen functional groups attached to an aromatic ring is 1. The first-order chi connectivity index (χ1) is 9.17. The van der Waals surface area contributed by atoms with Crippen LogP contribution in [-0.4, -0.2) is 22.3 Å². The highest BCUT2D eigenvalue weighted by Gasteiger charge is 2.07. The normalized spacial score (nSPS) is 12.3. The van der Waals surface area contributed by atoms with Gasteiger partial charge in [-0.2, -0.15) is 0 Å². The molecule has 0 spiro atoms. The summed E-state index contributed by atoms with van der Waals surface area (Å²) in [6.07, 6.45) is 5.49. The van der Waals surface area contributed by atoms with Gasteiger partial charge >= 0.3 is 0 Å². The van der Waals surface area contributed by atoms with Crippen molar-refractivity contribution < 1.29 is 4.42 Å². The molecule has 6 heteroatoms. The number of furan rings is 1. The molecule has 2 aromatic heterocycles. The van der Waals surface area contributed by atoms with Gasteiger partial charge in [-0.05, 0) is 31.7 Å². The summed E-state index contributed by atoms with van der Waals surface area (Å²) in [5.74, 6) is 2.25. The summed E-state index contributed by atoms with van der Waals surface area (Å²) >= 11 is 1.48. The van der Waals surface area contributed by atoms with Crippen LogP contribution in [0.1, 0.15) is 19.1 Å². The third-order valence-corrected chi connectivity index (χ3v) is 3.25. The average Bonchev–Trinajstić information content (AvgIpc) is 2.88. The number of nitrogens with one attached hydrogen (secondary N) is 1. The van der Waals surface area contributed by atoms with Gasteiger partial charge in [0.2, 0.25) is 0 Å². The van der Waals surface area contributed by atoms with E-state index in [9.17, 15) is 0 Å². The highest BCUT2D eigenvalue weighted by Crippen LogP contribution is 2.17. The second-order valence-corrected chi connectivity index (χ2v) is 5.10. The van der Waals surface area contributed by atoms with Crippen LogP contribution in [0.3, 0.4) is 0 Å². The Morgan fingerprint density at radius 3 is 3.00 bits per heavy atom. The first-order valence-corrected chi connectivity index (χ1v) is 7.37. The maximum Gasteiger partial charge on any atom is 0.191 e. The third-order valence-electron chi connectivity index (χ3n) is 2.71. The fourth-order valence-corrected chi connectivity index (χ4v) is 2.13. The number of aryl methyl sites for hydroxylation is 1. The number of hydrogen-bond donors (Lipinski definition) is 2. The van der Waals surface area contributed by atoms with E-state index < -0.39 is 0 Å². The van der Waals surface area contributed by atoms with Gasteiger partial charge in [-0.1, -0.05) is 11.8 Å². The molecule has 0 saturated heterocycles. The van der Waals surface area contributed by atoms with Gasteiger partial charge in [0.1, 0.15) is 17.4 Å². The highest BCUT2D eigenvalue weighted by molar-refractivity contribution is 7.98. The van der Waals surface area contributed by atoms with Gasteiger partial charge in [0.25, 0.3) is 0 Å². The van der Waals surface area contributed by atoms with E-state index in [2.05, 4.69) is 22.2 Å². The highest BCUT2D eigenvalue weighted by atomic mass is 32.2. The van der Waals surface area contributed by atoms with E-state index >= 15 is 0 Å². The van der Waals surface area contributed by atoms with Crippen molar-refractivity contribution in [1.82, 2.24) is 9.97 Å². The molecule has 5 nitrogen and oxygen atoms in total. The van der Waals surface area contributed by atoms with Crippen LogP contribution in [0.4, 0.5) is 11.6 Å². The Bertz CT molecular complexity index is 515. The van der Waals surface area contributed by atoms with E-state index in [1.807, 2.05) is 18.4 Å². The summed E-state index contributed by atoms with van der Waals surface area (Å²) in [7, 11) is 0. The number of anilines is 2. The molecule has 0 aromatic carbocycles. The summed E-state index contributed by atoms with van der Waals surface area (Å²) in [6, 6.07) is 5.93. The first-order valence-electron chi connectivity index (χ1n) is 6.15. The topological polar surface area (TPSA) is 77.0 Å². The Balaban J connectivity index is 1.91. The number of rotatable bonds is 6. The zero-order chi connectivity index (χ0) is 13.7. The molecule has 0 saturated carbocycles. The largest absolute Gasteiger partial charge is 0.469 e. The van der Waals surface area contributed by atoms with Gasteiger partial charge < -0.3 is 15.5 Å². The SMILES string of the molecule is CSc1nc(N)cc(NC(C)CCc2ccco2)n1. The summed E-state index contributed by atoms with van der Waals surface area (Å²) in [5, 5.41) is 4.01. The summed E-state index contributed by atoms with van der Waals surface area (Å²) in [4.78, 5) is 8.50. The second-order valence-electron chi connectivity index (χ2n) is 4.33. The lowest BCUT2D eigenvalue weighted by atomic mass is 10.1. The Morgan fingerprint density at radius 1 is 1.47 bits per heavy atom. The Morgan fingerprint density at radius 2 is 2.32 bits per heavy atom. The number of thioether (sulfide) groups is 1. The molecule has 102 valence electrons. The minimum Gasteiger partial charge on any atom is -0.469 e. The van der Waals surface area contributed by atoms with Gasteiger partial charge in [-0.3, -0.25) is 0 Å². The second kappa shape index (κ2) is 6.47. The Labute approximate surface area is 117 Å². The molecule has 1 atom stereocenters. The van der Waals surface area contributed by atoms with Crippen molar-refractivity contribution in [3.63, 3.8) is 0 Å². The monoisotopic (exact) mass is 278 g/mol. The molecular formula is C13H18N4OS. The minimum atomic E-state index is 0.286. The lowest BCUT2D eigenvalue weighted by Gasteiger charge is -2.14. The number of hydrogen-bond acceptors (Lipinski definition) is 6. The first kappa shape index (κ1) is 13.7. The van der Waals surface area contributed by atoms with Crippen molar-refractivity contribution in [2.45, 2.75) is 31.0 Å². The number of nitrogens with two attached hydrogens (primary N) is 1. The third kappa shape index (κ3) is 4.17. The summed E-state index contributed by atoms with van der Waals surface area (Å²) in [6.45, 7) is 2.11. The summed E-state index contributed by atoms with van der Waals surface area (Å²) in [5.41, 5.74) is 5.74. The van der Waals surface area contributed by atoms with Crippen molar-refractivity contribution in [2.24, 2.45) is 0 Å². The lowest BCUT2D eigenvalue weighted by molar-refractivity contribution is 0.494. The zero-order valence-electron chi connectivity index (χ0n) is 11.1. The van der Waals surface area contributed by atoms with Crippen molar-refractivity contribution >= 4 is 23.4 Å². The van der Waals surface area contributed by atoms with Crippen molar-refractivity contribution in [3.05, 3.63) is 30.2 Å². The van der Waals surface area contributed by atoms with Gasteiger partial charge in [0.15, 0.2) is 5.16 Å². The minimum absolute atomic E-state index is 0.286. The molecule has 2 heterocycles. The van der Waals surface area contributed by atoms with E-state index in [0.29, 0.717) is 11.0 Å². The molecule has 0 aliphatic carbocycles. The van der Waals surface area contributed by atoms with Crippen molar-refractivity contribution in [1.29, 1.82) is 0 Å². The fourth-order valence-electron chi connectivity index (χ4n) is 1.75. The molecular weight excluding hydrogens is 260 g/mol. The van der Waals surface area contributed by atoms with Crippen LogP contribution in [0.5, 0.6) is 0 Å². The number of aromatic nitrogens is 2. The van der Waals surface area contributed by atoms with E-state index in [0.717, 1.165) is 24.4 Å². The standard InChI is InChI=1S/C13H18N4OS/c1-9(5-6-10-4-3-7-18-10)15-12-8-11(14)16-13(17-12)19-2/h3-4,7-9H,5-6H2,1-2H3,(H3,14,15,16,17). The van der Waals surface area contributed by atoms with Crippen LogP contribution < -0.4 is 11.1 Å². The van der Waals surface area contributed by atoms with Crippen LogP contribution in [0.15, 0.2) is 34.0 Å². The molecule has 0 fully saturated rings. The van der Waals surface area contributed by atoms with E-state index in [4.69, 9.17) is 10.2 Å². The quantitative estimate of drug-likeness (QED) is 0.625. The van der Waals surface area contributed by atoms with Crippen LogP contribution >= 0.6 is 11.8 Å². The Hall–Kier alpha value is -1.69. The molecule has 3 N–H and O–H groups in total. The molecule has 0 aliphatic rings. The molecule has 2 aromatic rings.